The second kappa shape index (κ2) is 8.88. The predicted octanol–water partition coefficient (Wildman–Crippen LogP) is 3.57. The molecule has 138 valence electrons. The molecule has 1 saturated carbocycles. The molecule has 1 unspecified atom stereocenters. The average molecular weight is 367 g/mol. The third-order valence-electron chi connectivity index (χ3n) is 4.88. The number of benzene rings is 1. The first-order chi connectivity index (χ1) is 12.1. The molecule has 2 aliphatic rings. The highest BCUT2D eigenvalue weighted by atomic mass is 35.5. The maximum Gasteiger partial charge on any atom is 0.228 e. The Kier molecular flexibility index (Phi) is 6.57. The van der Waals surface area contributed by atoms with Gasteiger partial charge >= 0.3 is 0 Å². The van der Waals surface area contributed by atoms with E-state index < -0.39 is 0 Å². The third-order valence-corrected chi connectivity index (χ3v) is 5.11. The lowest BCUT2D eigenvalue weighted by Crippen LogP contribution is -2.41. The van der Waals surface area contributed by atoms with Crippen molar-refractivity contribution in [3.8, 4) is 5.75 Å². The highest BCUT2D eigenvalue weighted by molar-refractivity contribution is 6.31. The summed E-state index contributed by atoms with van der Waals surface area (Å²) < 4.78 is 11.4. The lowest BCUT2D eigenvalue weighted by atomic mass is 10.1. The molecule has 1 aliphatic heterocycles. The van der Waals surface area contributed by atoms with Crippen LogP contribution in [0, 0.1) is 5.92 Å². The van der Waals surface area contributed by atoms with Crippen LogP contribution in [0.5, 0.6) is 5.75 Å². The van der Waals surface area contributed by atoms with Crippen molar-refractivity contribution in [1.82, 2.24) is 4.90 Å². The van der Waals surface area contributed by atoms with Gasteiger partial charge in [-0.3, -0.25) is 9.69 Å². The first-order valence-corrected chi connectivity index (χ1v) is 9.57. The normalized spacial score (nSPS) is 20.4. The lowest BCUT2D eigenvalue weighted by molar-refractivity contribution is -0.120. The minimum absolute atomic E-state index is 0.00923. The van der Waals surface area contributed by atoms with E-state index in [-0.39, 0.29) is 17.9 Å². The Hall–Kier alpha value is -1.30. The zero-order valence-corrected chi connectivity index (χ0v) is 15.6. The number of carbonyl (C=O) groups excluding carboxylic acids is 1. The summed E-state index contributed by atoms with van der Waals surface area (Å²) in [5, 5.41) is 3.60. The SMILES string of the molecule is CC(CN1CCOCC1)C(=O)Nc1cc(Cl)ccc1OC1CCCC1. The molecule has 1 amide bonds. The quantitative estimate of drug-likeness (QED) is 0.836. The average Bonchev–Trinajstić information content (AvgIpc) is 3.11. The Morgan fingerprint density at radius 2 is 2.08 bits per heavy atom. The van der Waals surface area contributed by atoms with E-state index >= 15 is 0 Å². The van der Waals surface area contributed by atoms with Gasteiger partial charge in [0.1, 0.15) is 5.75 Å². The van der Waals surface area contributed by atoms with Gasteiger partial charge in [-0.2, -0.15) is 0 Å². The smallest absolute Gasteiger partial charge is 0.228 e. The molecule has 1 aliphatic carbocycles. The lowest BCUT2D eigenvalue weighted by Gasteiger charge is -2.28. The van der Waals surface area contributed by atoms with E-state index in [9.17, 15) is 4.79 Å². The molecule has 3 rings (SSSR count). The molecule has 5 nitrogen and oxygen atoms in total. The number of rotatable bonds is 6. The standard InChI is InChI=1S/C19H27ClN2O3/c1-14(13-22-8-10-24-11-9-22)19(23)21-17-12-15(20)6-7-18(17)25-16-4-2-3-5-16/h6-7,12,14,16H,2-5,8-11,13H2,1H3,(H,21,23). The van der Waals surface area contributed by atoms with E-state index in [0.29, 0.717) is 16.5 Å². The summed E-state index contributed by atoms with van der Waals surface area (Å²) >= 11 is 6.12. The molecular weight excluding hydrogens is 340 g/mol. The van der Waals surface area contributed by atoms with Gasteiger partial charge in [-0.05, 0) is 43.9 Å². The molecule has 6 heteroatoms. The maximum atomic E-state index is 12.6. The Morgan fingerprint density at radius 3 is 2.80 bits per heavy atom. The molecule has 2 fully saturated rings. The van der Waals surface area contributed by atoms with Gasteiger partial charge in [0.2, 0.25) is 5.91 Å². The van der Waals surface area contributed by atoms with Gasteiger partial charge in [-0.1, -0.05) is 18.5 Å². The summed E-state index contributed by atoms with van der Waals surface area (Å²) in [6, 6.07) is 5.42. The van der Waals surface area contributed by atoms with Crippen molar-refractivity contribution in [2.75, 3.05) is 38.2 Å². The van der Waals surface area contributed by atoms with Crippen molar-refractivity contribution in [3.05, 3.63) is 23.2 Å². The number of morpholine rings is 1. The number of ether oxygens (including phenoxy) is 2. The molecule has 0 aromatic heterocycles. The Bertz CT molecular complexity index is 584. The van der Waals surface area contributed by atoms with Gasteiger partial charge in [0.25, 0.3) is 0 Å². The molecule has 1 aromatic rings. The monoisotopic (exact) mass is 366 g/mol. The number of hydrogen-bond acceptors (Lipinski definition) is 4. The minimum atomic E-state index is -0.114. The molecular formula is C19H27ClN2O3. The largest absolute Gasteiger partial charge is 0.488 e. The van der Waals surface area contributed by atoms with Crippen LogP contribution in [0.3, 0.4) is 0 Å². The van der Waals surface area contributed by atoms with Crippen molar-refractivity contribution in [2.24, 2.45) is 5.92 Å². The van der Waals surface area contributed by atoms with Crippen LogP contribution in [-0.4, -0.2) is 49.8 Å². The van der Waals surface area contributed by atoms with Crippen LogP contribution in [0.2, 0.25) is 5.02 Å². The predicted molar refractivity (Wildman–Crippen MR) is 99.4 cm³/mol. The van der Waals surface area contributed by atoms with Crippen molar-refractivity contribution >= 4 is 23.2 Å². The van der Waals surface area contributed by atoms with Crippen LogP contribution >= 0.6 is 11.6 Å². The number of hydrogen-bond donors (Lipinski definition) is 1. The topological polar surface area (TPSA) is 50.8 Å². The second-order valence-electron chi connectivity index (χ2n) is 6.97. The fourth-order valence-corrected chi connectivity index (χ4v) is 3.57. The van der Waals surface area contributed by atoms with Crippen LogP contribution in [0.1, 0.15) is 32.6 Å². The molecule has 1 aromatic carbocycles. The van der Waals surface area contributed by atoms with Crippen LogP contribution in [0.4, 0.5) is 5.69 Å². The highest BCUT2D eigenvalue weighted by Gasteiger charge is 2.22. The summed E-state index contributed by atoms with van der Waals surface area (Å²) in [4.78, 5) is 14.9. The minimum Gasteiger partial charge on any atom is -0.488 e. The van der Waals surface area contributed by atoms with Crippen LogP contribution in [0.15, 0.2) is 18.2 Å². The molecule has 0 bridgehead atoms. The van der Waals surface area contributed by atoms with Gasteiger partial charge in [0.15, 0.2) is 0 Å². The van der Waals surface area contributed by atoms with E-state index in [1.54, 1.807) is 12.1 Å². The molecule has 1 heterocycles. The molecule has 25 heavy (non-hydrogen) atoms. The van der Waals surface area contributed by atoms with E-state index in [4.69, 9.17) is 21.1 Å². The van der Waals surface area contributed by atoms with Gasteiger partial charge < -0.3 is 14.8 Å². The summed E-state index contributed by atoms with van der Waals surface area (Å²) in [6.45, 7) is 5.92. The Balaban J connectivity index is 1.61. The number of anilines is 1. The highest BCUT2D eigenvalue weighted by Crippen LogP contribution is 2.32. The van der Waals surface area contributed by atoms with Crippen molar-refractivity contribution in [2.45, 2.75) is 38.7 Å². The van der Waals surface area contributed by atoms with Gasteiger partial charge in [0, 0.05) is 30.6 Å². The second-order valence-corrected chi connectivity index (χ2v) is 7.40. The van der Waals surface area contributed by atoms with Gasteiger partial charge in [0.05, 0.1) is 25.0 Å². The summed E-state index contributed by atoms with van der Waals surface area (Å²) in [7, 11) is 0. The van der Waals surface area contributed by atoms with E-state index in [1.165, 1.54) is 12.8 Å². The first-order valence-electron chi connectivity index (χ1n) is 9.19. The number of halogens is 1. The molecule has 0 spiro atoms. The molecule has 1 atom stereocenters. The maximum absolute atomic E-state index is 12.6. The van der Waals surface area contributed by atoms with E-state index in [2.05, 4.69) is 10.2 Å². The van der Waals surface area contributed by atoms with Crippen LogP contribution in [-0.2, 0) is 9.53 Å². The Morgan fingerprint density at radius 1 is 1.36 bits per heavy atom. The zero-order chi connectivity index (χ0) is 17.6. The van der Waals surface area contributed by atoms with Gasteiger partial charge in [-0.25, -0.2) is 0 Å². The summed E-state index contributed by atoms with van der Waals surface area (Å²) in [5.74, 6) is 0.588. The van der Waals surface area contributed by atoms with Crippen molar-refractivity contribution in [3.63, 3.8) is 0 Å². The summed E-state index contributed by atoms with van der Waals surface area (Å²) in [5.41, 5.74) is 0.665. The van der Waals surface area contributed by atoms with E-state index in [0.717, 1.165) is 45.7 Å². The Labute approximate surface area is 154 Å². The van der Waals surface area contributed by atoms with Crippen LogP contribution < -0.4 is 10.1 Å². The molecule has 1 saturated heterocycles. The zero-order valence-electron chi connectivity index (χ0n) is 14.8. The fraction of sp³-hybridized carbons (Fsp3) is 0.632. The van der Waals surface area contributed by atoms with Crippen LogP contribution in [0.25, 0.3) is 0 Å². The van der Waals surface area contributed by atoms with Crippen molar-refractivity contribution < 1.29 is 14.3 Å². The fourth-order valence-electron chi connectivity index (χ4n) is 3.40. The third kappa shape index (κ3) is 5.33. The first kappa shape index (κ1) is 18.5. The number of nitrogens with zero attached hydrogens (tertiary/aromatic N) is 1. The number of nitrogens with one attached hydrogen (secondary N) is 1. The molecule has 1 N–H and O–H groups in total. The summed E-state index contributed by atoms with van der Waals surface area (Å²) in [6.07, 6.45) is 4.79. The van der Waals surface area contributed by atoms with Crippen molar-refractivity contribution in [1.29, 1.82) is 0 Å². The molecule has 0 radical (unpaired) electrons. The van der Waals surface area contributed by atoms with E-state index in [1.807, 2.05) is 13.0 Å². The number of amides is 1. The van der Waals surface area contributed by atoms with Gasteiger partial charge in [-0.15, -0.1) is 0 Å². The number of carbonyl (C=O) groups is 1.